The van der Waals surface area contributed by atoms with E-state index < -0.39 is 11.7 Å². The summed E-state index contributed by atoms with van der Waals surface area (Å²) in [6.07, 6.45) is 0.958. The quantitative estimate of drug-likeness (QED) is 0.363. The zero-order valence-electron chi connectivity index (χ0n) is 18.2. The summed E-state index contributed by atoms with van der Waals surface area (Å²) < 4.78 is 47.7. The summed E-state index contributed by atoms with van der Waals surface area (Å²) in [4.78, 5) is 8.80. The number of pyridine rings is 1. The third-order valence-electron chi connectivity index (χ3n) is 5.31. The number of nitrogens with zero attached hydrogens (tertiary/aromatic N) is 5. The molecule has 3 aromatic heterocycles. The SMILES string of the molecule is COc1cc(Nc2nc3c(-c4ccc(C(F)(F)F)cc4)cccn3n2)ccc1-n1cnc(C)c1. The van der Waals surface area contributed by atoms with Gasteiger partial charge in [0, 0.05) is 29.7 Å². The first-order chi connectivity index (χ1) is 16.3. The summed E-state index contributed by atoms with van der Waals surface area (Å²) in [5.74, 6) is 0.976. The third-order valence-corrected chi connectivity index (χ3v) is 5.31. The molecule has 5 rings (SSSR count). The molecule has 0 spiro atoms. The van der Waals surface area contributed by atoms with E-state index in [2.05, 4.69) is 20.4 Å². The van der Waals surface area contributed by atoms with E-state index in [1.807, 2.05) is 35.9 Å². The van der Waals surface area contributed by atoms with Gasteiger partial charge in [-0.15, -0.1) is 5.10 Å². The fraction of sp³-hybridized carbons (Fsp3) is 0.125. The first-order valence-corrected chi connectivity index (χ1v) is 10.3. The van der Waals surface area contributed by atoms with Crippen LogP contribution in [0.25, 0.3) is 22.5 Å². The van der Waals surface area contributed by atoms with Gasteiger partial charge in [-0.25, -0.2) is 9.50 Å². The number of benzene rings is 2. The molecule has 0 saturated heterocycles. The smallest absolute Gasteiger partial charge is 0.416 e. The molecule has 34 heavy (non-hydrogen) atoms. The molecule has 0 aliphatic carbocycles. The van der Waals surface area contributed by atoms with Gasteiger partial charge in [-0.1, -0.05) is 12.1 Å². The summed E-state index contributed by atoms with van der Waals surface area (Å²) in [7, 11) is 1.59. The molecule has 0 aliphatic heterocycles. The van der Waals surface area contributed by atoms with E-state index >= 15 is 0 Å². The van der Waals surface area contributed by atoms with Crippen molar-refractivity contribution < 1.29 is 17.9 Å². The first-order valence-electron chi connectivity index (χ1n) is 10.3. The number of fused-ring (bicyclic) bond motifs is 1. The van der Waals surface area contributed by atoms with Crippen molar-refractivity contribution in [3.05, 3.63) is 84.6 Å². The Bertz CT molecular complexity index is 1470. The number of nitrogens with one attached hydrogen (secondary N) is 1. The highest BCUT2D eigenvalue weighted by Gasteiger charge is 2.30. The van der Waals surface area contributed by atoms with E-state index in [0.29, 0.717) is 34.2 Å². The number of imidazole rings is 1. The monoisotopic (exact) mass is 464 g/mol. The average molecular weight is 464 g/mol. The molecule has 2 aromatic carbocycles. The van der Waals surface area contributed by atoms with Crippen LogP contribution in [0, 0.1) is 6.92 Å². The number of methoxy groups -OCH3 is 1. The standard InChI is InChI=1S/C24H19F3N6O/c1-15-13-32(14-28-15)20-10-9-18(12-21(20)34-2)29-23-30-22-19(4-3-11-33(22)31-23)16-5-7-17(8-6-16)24(25,26)27/h3-14H,1-2H3,(H,29,31). The van der Waals surface area contributed by atoms with Gasteiger partial charge in [-0.3, -0.25) is 0 Å². The van der Waals surface area contributed by atoms with Crippen LogP contribution >= 0.6 is 0 Å². The molecule has 1 N–H and O–H groups in total. The Hall–Kier alpha value is -4.34. The molecule has 0 aliphatic rings. The highest BCUT2D eigenvalue weighted by Crippen LogP contribution is 2.32. The van der Waals surface area contributed by atoms with E-state index in [1.54, 1.807) is 36.3 Å². The zero-order valence-corrected chi connectivity index (χ0v) is 18.2. The number of halogens is 3. The normalized spacial score (nSPS) is 11.7. The second-order valence-electron chi connectivity index (χ2n) is 7.63. The molecule has 0 atom stereocenters. The molecule has 172 valence electrons. The number of aryl methyl sites for hydroxylation is 1. The lowest BCUT2D eigenvalue weighted by Gasteiger charge is -2.11. The Morgan fingerprint density at radius 1 is 1.03 bits per heavy atom. The number of aromatic nitrogens is 5. The van der Waals surface area contributed by atoms with E-state index in [-0.39, 0.29) is 0 Å². The van der Waals surface area contributed by atoms with Crippen molar-refractivity contribution >= 4 is 17.3 Å². The Balaban J connectivity index is 1.46. The summed E-state index contributed by atoms with van der Waals surface area (Å²) in [6, 6.07) is 14.1. The van der Waals surface area contributed by atoms with E-state index in [1.165, 1.54) is 12.1 Å². The van der Waals surface area contributed by atoms with E-state index in [9.17, 15) is 13.2 Å². The number of alkyl halides is 3. The van der Waals surface area contributed by atoms with Gasteiger partial charge >= 0.3 is 6.18 Å². The first kappa shape index (κ1) is 21.5. The molecule has 0 amide bonds. The predicted octanol–water partition coefficient (Wildman–Crippen LogP) is 5.66. The second kappa shape index (κ2) is 8.22. The molecule has 0 saturated carbocycles. The molecular formula is C24H19F3N6O. The Morgan fingerprint density at radius 2 is 1.82 bits per heavy atom. The maximum atomic E-state index is 12.9. The van der Waals surface area contributed by atoms with E-state index in [0.717, 1.165) is 23.5 Å². The lowest BCUT2D eigenvalue weighted by molar-refractivity contribution is -0.137. The molecule has 5 aromatic rings. The Kier molecular flexibility index (Phi) is 5.20. The van der Waals surface area contributed by atoms with Crippen LogP contribution in [0.15, 0.2) is 73.3 Å². The Labute approximate surface area is 192 Å². The van der Waals surface area contributed by atoms with Crippen LogP contribution in [0.3, 0.4) is 0 Å². The molecule has 0 bridgehead atoms. The molecule has 0 fully saturated rings. The fourth-order valence-electron chi connectivity index (χ4n) is 3.67. The van der Waals surface area contributed by atoms with Crippen LogP contribution in [0.2, 0.25) is 0 Å². The topological polar surface area (TPSA) is 69.3 Å². The van der Waals surface area contributed by atoms with Crippen LogP contribution in [0.5, 0.6) is 5.75 Å². The number of ether oxygens (including phenoxy) is 1. The maximum absolute atomic E-state index is 12.9. The molecule has 7 nitrogen and oxygen atoms in total. The molecular weight excluding hydrogens is 445 g/mol. The lowest BCUT2D eigenvalue weighted by atomic mass is 10.0. The molecule has 0 radical (unpaired) electrons. The largest absolute Gasteiger partial charge is 0.494 e. The molecule has 0 unspecified atom stereocenters. The van der Waals surface area contributed by atoms with Gasteiger partial charge in [0.15, 0.2) is 5.65 Å². The van der Waals surface area contributed by atoms with Gasteiger partial charge in [0.1, 0.15) is 5.75 Å². The van der Waals surface area contributed by atoms with Crippen molar-refractivity contribution in [1.82, 2.24) is 24.1 Å². The van der Waals surface area contributed by atoms with Crippen LogP contribution in [0.1, 0.15) is 11.3 Å². The zero-order chi connectivity index (χ0) is 23.9. The summed E-state index contributed by atoms with van der Waals surface area (Å²) in [6.45, 7) is 1.91. The minimum atomic E-state index is -4.39. The summed E-state index contributed by atoms with van der Waals surface area (Å²) in [5.41, 5.74) is 3.53. The fourth-order valence-corrected chi connectivity index (χ4v) is 3.67. The van der Waals surface area contributed by atoms with Crippen LogP contribution in [-0.2, 0) is 6.18 Å². The van der Waals surface area contributed by atoms with Crippen molar-refractivity contribution in [2.24, 2.45) is 0 Å². The predicted molar refractivity (Wildman–Crippen MR) is 122 cm³/mol. The number of anilines is 2. The van der Waals surface area contributed by atoms with Crippen molar-refractivity contribution in [3.63, 3.8) is 0 Å². The van der Waals surface area contributed by atoms with Gasteiger partial charge in [0.25, 0.3) is 0 Å². The van der Waals surface area contributed by atoms with Crippen molar-refractivity contribution in [1.29, 1.82) is 0 Å². The maximum Gasteiger partial charge on any atom is 0.416 e. The minimum Gasteiger partial charge on any atom is -0.494 e. The highest BCUT2D eigenvalue weighted by molar-refractivity contribution is 5.78. The second-order valence-corrected chi connectivity index (χ2v) is 7.63. The summed E-state index contributed by atoms with van der Waals surface area (Å²) in [5, 5.41) is 7.61. The van der Waals surface area contributed by atoms with Gasteiger partial charge < -0.3 is 14.6 Å². The highest BCUT2D eigenvalue weighted by atomic mass is 19.4. The minimum absolute atomic E-state index is 0.340. The lowest BCUT2D eigenvalue weighted by Crippen LogP contribution is -2.04. The van der Waals surface area contributed by atoms with Crippen molar-refractivity contribution in [2.45, 2.75) is 13.1 Å². The van der Waals surface area contributed by atoms with Gasteiger partial charge in [-0.05, 0) is 48.9 Å². The summed E-state index contributed by atoms with van der Waals surface area (Å²) >= 11 is 0. The molecule has 10 heteroatoms. The van der Waals surface area contributed by atoms with Gasteiger partial charge in [-0.2, -0.15) is 18.2 Å². The number of rotatable bonds is 5. The van der Waals surface area contributed by atoms with E-state index in [4.69, 9.17) is 4.74 Å². The van der Waals surface area contributed by atoms with Crippen LogP contribution in [0.4, 0.5) is 24.8 Å². The number of hydrogen-bond donors (Lipinski definition) is 1. The third kappa shape index (κ3) is 4.05. The number of hydrogen-bond acceptors (Lipinski definition) is 5. The van der Waals surface area contributed by atoms with Crippen molar-refractivity contribution in [3.8, 4) is 22.6 Å². The van der Waals surface area contributed by atoms with Crippen LogP contribution in [-0.4, -0.2) is 31.3 Å². The van der Waals surface area contributed by atoms with Gasteiger partial charge in [0.05, 0.1) is 30.4 Å². The van der Waals surface area contributed by atoms with Gasteiger partial charge in [0.2, 0.25) is 5.95 Å². The Morgan fingerprint density at radius 3 is 2.50 bits per heavy atom. The average Bonchev–Trinajstić information content (AvgIpc) is 3.44. The van der Waals surface area contributed by atoms with Crippen molar-refractivity contribution in [2.75, 3.05) is 12.4 Å². The molecule has 3 heterocycles. The van der Waals surface area contributed by atoms with Crippen LogP contribution < -0.4 is 10.1 Å².